The minimum atomic E-state index is -3.73. The van der Waals surface area contributed by atoms with Crippen molar-refractivity contribution in [1.82, 2.24) is 13.3 Å². The van der Waals surface area contributed by atoms with Crippen LogP contribution in [0, 0.1) is 0 Å². The molecule has 10 heteroatoms. The van der Waals surface area contributed by atoms with Gasteiger partial charge in [-0.15, -0.1) is 0 Å². The summed E-state index contributed by atoms with van der Waals surface area (Å²) in [5.74, 6) is 0.630. The summed E-state index contributed by atoms with van der Waals surface area (Å²) in [5.41, 5.74) is 0.937. The molecule has 0 atom stereocenters. The topological polar surface area (TPSA) is 130 Å². The normalized spacial score (nSPS) is 14.7. The molecule has 3 heterocycles. The van der Waals surface area contributed by atoms with Crippen LogP contribution in [0.2, 0.25) is 4.18 Å². The standard InChI is InChI=1S/C17H15N5O2S.C4H9O.In/c18-8-1-2-16-15-10-17(21-11-12(15)7-9-20-16)22-13-3-5-14(6-4-13)25(19,23)24;1-4(2,3)5;/h1,3-7,9-11,18H,8H2,(H,21,22)(H2,19,23,24);5H,1H2,2-3H3;/q-1;;+1. The molecule has 5 N–H and O–H groups in total. The molecule has 8 nitrogen and oxygen atoms in total. The van der Waals surface area contributed by atoms with Gasteiger partial charge in [-0.25, -0.2) is 0 Å². The van der Waals surface area contributed by atoms with Gasteiger partial charge in [-0.2, -0.15) is 0 Å². The molecule has 0 bridgehead atoms. The third-order valence-corrected chi connectivity index (χ3v) is 15.8. The third-order valence-electron chi connectivity index (χ3n) is 5.14. The fourth-order valence-electron chi connectivity index (χ4n) is 3.75. The molecule has 0 unspecified atom stereocenters. The van der Waals surface area contributed by atoms with E-state index < -0.39 is 37.3 Å². The Morgan fingerprint density at radius 2 is 1.97 bits per heavy atom. The number of nitrogens with two attached hydrogens (primary N) is 1. The van der Waals surface area contributed by atoms with Gasteiger partial charge < -0.3 is 0 Å². The SMILES string of the molecule is CC(C)(O)[CH2][In]1[NH]CC=[C]1c1nccc2cnc(Nc3ccc(S(N)(=O)=O)cc3)cc12. The van der Waals surface area contributed by atoms with Crippen molar-refractivity contribution in [3.8, 4) is 0 Å². The third kappa shape index (κ3) is 5.27. The molecule has 1 aliphatic rings. The van der Waals surface area contributed by atoms with Crippen LogP contribution in [0.1, 0.15) is 19.5 Å². The summed E-state index contributed by atoms with van der Waals surface area (Å²) in [5, 5.41) is 20.7. The zero-order valence-corrected chi connectivity index (χ0v) is 21.4. The van der Waals surface area contributed by atoms with Crippen LogP contribution in [0.15, 0.2) is 59.8 Å². The molecule has 0 saturated carbocycles. The minimum absolute atomic E-state index is 0.0574. The van der Waals surface area contributed by atoms with Gasteiger partial charge in [-0.05, 0) is 0 Å². The number of nitrogens with zero attached hydrogens (tertiary/aromatic N) is 2. The molecule has 160 valence electrons. The maximum absolute atomic E-state index is 11.4. The van der Waals surface area contributed by atoms with Crippen LogP contribution in [0.3, 0.4) is 0 Å². The quantitative estimate of drug-likeness (QED) is 0.377. The molecule has 0 fully saturated rings. The number of fused-ring (bicyclic) bond motifs is 1. The molecular weight excluding hydrogens is 517 g/mol. The number of anilines is 2. The summed E-state index contributed by atoms with van der Waals surface area (Å²) >= 11 is -2.38. The molecule has 2 aromatic heterocycles. The van der Waals surface area contributed by atoms with Gasteiger partial charge in [0.15, 0.2) is 0 Å². The number of aliphatic hydroxyl groups is 1. The molecule has 4 rings (SSSR count). The Balaban J connectivity index is 1.66. The van der Waals surface area contributed by atoms with Crippen LogP contribution < -0.4 is 13.8 Å². The van der Waals surface area contributed by atoms with Crippen molar-refractivity contribution in [3.63, 3.8) is 0 Å². The molecule has 0 amide bonds. The molecule has 1 aromatic carbocycles. The van der Waals surface area contributed by atoms with E-state index in [0.717, 1.165) is 27.2 Å². The van der Waals surface area contributed by atoms with E-state index >= 15 is 0 Å². The van der Waals surface area contributed by atoms with Crippen molar-refractivity contribution in [2.24, 2.45) is 5.14 Å². The van der Waals surface area contributed by atoms with Crippen molar-refractivity contribution in [2.75, 3.05) is 11.9 Å². The van der Waals surface area contributed by atoms with E-state index in [-0.39, 0.29) is 4.90 Å². The number of rotatable bonds is 6. The maximum atomic E-state index is 11.4. The zero-order chi connectivity index (χ0) is 22.2. The Morgan fingerprint density at radius 3 is 2.65 bits per heavy atom. The second-order valence-corrected chi connectivity index (χ2v) is 17.1. The molecule has 0 spiro atoms. The first-order valence-corrected chi connectivity index (χ1v) is 17.1. The number of sulfonamides is 1. The summed E-state index contributed by atoms with van der Waals surface area (Å²) in [7, 11) is -3.73. The van der Waals surface area contributed by atoms with Crippen LogP contribution >= 0.6 is 0 Å². The van der Waals surface area contributed by atoms with Gasteiger partial charge in [0.2, 0.25) is 0 Å². The summed E-state index contributed by atoms with van der Waals surface area (Å²) in [4.78, 5) is 9.22. The summed E-state index contributed by atoms with van der Waals surface area (Å²) in [6.45, 7) is 4.52. The van der Waals surface area contributed by atoms with Crippen LogP contribution in [-0.2, 0) is 10.0 Å². The van der Waals surface area contributed by atoms with Gasteiger partial charge in [-0.1, -0.05) is 0 Å². The van der Waals surface area contributed by atoms with Crippen molar-refractivity contribution in [2.45, 2.75) is 28.5 Å². The van der Waals surface area contributed by atoms with E-state index in [9.17, 15) is 13.5 Å². The number of aromatic nitrogens is 2. The molecule has 0 saturated heterocycles. The van der Waals surface area contributed by atoms with E-state index in [1.807, 2.05) is 26.0 Å². The Morgan fingerprint density at radius 1 is 1.23 bits per heavy atom. The number of hydrogen-bond acceptors (Lipinski definition) is 7. The van der Waals surface area contributed by atoms with Gasteiger partial charge in [0.1, 0.15) is 0 Å². The molecule has 0 radical (unpaired) electrons. The van der Waals surface area contributed by atoms with Gasteiger partial charge >= 0.3 is 190 Å². The molecule has 31 heavy (non-hydrogen) atoms. The number of hydrogen-bond donors (Lipinski definition) is 4. The Hall–Kier alpha value is -1.98. The van der Waals surface area contributed by atoms with Crippen LogP contribution in [0.5, 0.6) is 0 Å². The number of nitrogens with one attached hydrogen (secondary N) is 2. The van der Waals surface area contributed by atoms with Crippen LogP contribution in [-0.4, -0.2) is 57.4 Å². The van der Waals surface area contributed by atoms with Gasteiger partial charge in [-0.3, -0.25) is 0 Å². The number of pyridine rings is 2. The molecule has 1 aliphatic heterocycles. The van der Waals surface area contributed by atoms with Crippen LogP contribution in [0.25, 0.3) is 14.1 Å². The van der Waals surface area contributed by atoms with Crippen molar-refractivity contribution >= 4 is 57.4 Å². The molecule has 3 aromatic rings. The fraction of sp³-hybridized carbons (Fsp3) is 0.238. The molecule has 0 aliphatic carbocycles. The number of primary sulfonamides is 1. The van der Waals surface area contributed by atoms with Gasteiger partial charge in [0, 0.05) is 0 Å². The van der Waals surface area contributed by atoms with Crippen molar-refractivity contribution in [3.05, 3.63) is 60.6 Å². The fourth-order valence-corrected chi connectivity index (χ4v) is 12.7. The van der Waals surface area contributed by atoms with E-state index in [4.69, 9.17) is 5.14 Å². The van der Waals surface area contributed by atoms with E-state index in [2.05, 4.69) is 24.7 Å². The van der Waals surface area contributed by atoms with E-state index in [1.165, 1.54) is 15.5 Å². The van der Waals surface area contributed by atoms with E-state index in [0.29, 0.717) is 11.5 Å². The average molecular weight is 541 g/mol. The summed E-state index contributed by atoms with van der Waals surface area (Å²) in [6, 6.07) is 10.1. The molecular formula is C21H24InN5O3S. The van der Waals surface area contributed by atoms with Crippen molar-refractivity contribution in [1.29, 1.82) is 0 Å². The first-order valence-electron chi connectivity index (χ1n) is 9.91. The Bertz CT molecular complexity index is 1250. The zero-order valence-electron chi connectivity index (χ0n) is 17.3. The predicted octanol–water partition coefficient (Wildman–Crippen LogP) is 2.31. The monoisotopic (exact) mass is 541 g/mol. The Kier molecular flexibility index (Phi) is 6.10. The van der Waals surface area contributed by atoms with Gasteiger partial charge in [0.25, 0.3) is 0 Å². The van der Waals surface area contributed by atoms with Gasteiger partial charge in [0.05, 0.1) is 0 Å². The summed E-state index contributed by atoms with van der Waals surface area (Å²) < 4.78 is 28.6. The second-order valence-electron chi connectivity index (χ2n) is 8.28. The first-order chi connectivity index (χ1) is 14.6. The average Bonchev–Trinajstić information content (AvgIpc) is 3.13. The number of benzene rings is 1. The second kappa shape index (κ2) is 8.51. The predicted molar refractivity (Wildman–Crippen MR) is 123 cm³/mol. The summed E-state index contributed by atoms with van der Waals surface area (Å²) in [6.07, 6.45) is 5.80. The first kappa shape index (κ1) is 22.2. The Labute approximate surface area is 189 Å². The van der Waals surface area contributed by atoms with E-state index in [1.54, 1.807) is 24.5 Å². The van der Waals surface area contributed by atoms with Crippen molar-refractivity contribution < 1.29 is 13.5 Å². The van der Waals surface area contributed by atoms with Crippen LogP contribution in [0.4, 0.5) is 11.5 Å².